The lowest BCUT2D eigenvalue weighted by Crippen LogP contribution is -3.00. The zero-order valence-electron chi connectivity index (χ0n) is 20.4. The van der Waals surface area contributed by atoms with E-state index in [0.717, 1.165) is 63.0 Å². The molecule has 2 heterocycles. The van der Waals surface area contributed by atoms with Gasteiger partial charge in [-0.3, -0.25) is 0 Å². The van der Waals surface area contributed by atoms with E-state index in [1.165, 1.54) is 16.5 Å². The molecule has 0 bridgehead atoms. The number of fused-ring (bicyclic) bond motifs is 2. The third-order valence-corrected chi connectivity index (χ3v) is 7.28. The predicted octanol–water partition coefficient (Wildman–Crippen LogP) is 3.35. The second-order valence-electron chi connectivity index (χ2n) is 8.64. The molecule has 5 nitrogen and oxygen atoms in total. The summed E-state index contributed by atoms with van der Waals surface area (Å²) in [5, 5.41) is 6.21. The van der Waals surface area contributed by atoms with Crippen LogP contribution in [0.5, 0.6) is 23.0 Å². The number of halogens is 2. The number of aryl methyl sites for hydroxylation is 2. The first kappa shape index (κ1) is 24.5. The molecule has 1 aliphatic heterocycles. The number of benzene rings is 4. The smallest absolute Gasteiger partial charge is 0.224 e. The molecule has 0 amide bonds. The second kappa shape index (κ2) is 9.34. The Balaban J connectivity index is 0.00000267. The zero-order valence-corrected chi connectivity index (χ0v) is 22.8. The molecule has 0 atom stereocenters. The van der Waals surface area contributed by atoms with Gasteiger partial charge in [-0.05, 0) is 60.2 Å². The molecule has 0 N–H and O–H groups in total. The maximum atomic E-state index is 6.26. The zero-order chi connectivity index (χ0) is 24.3. The summed E-state index contributed by atoms with van der Waals surface area (Å²) in [4.78, 5) is 0. The molecule has 1 aromatic heterocycles. The molecule has 184 valence electrons. The topological polar surface area (TPSA) is 40.8 Å². The van der Waals surface area contributed by atoms with Crippen LogP contribution in [0.25, 0.3) is 43.7 Å². The quantitative estimate of drug-likeness (QED) is 0.242. The van der Waals surface area contributed by atoms with Crippen LogP contribution in [0.15, 0.2) is 54.6 Å². The Morgan fingerprint density at radius 1 is 0.694 bits per heavy atom. The van der Waals surface area contributed by atoms with Gasteiger partial charge in [-0.1, -0.05) is 11.6 Å². The normalized spacial score (nSPS) is 12.1. The number of hydrogen-bond donors (Lipinski definition) is 0. The van der Waals surface area contributed by atoms with Gasteiger partial charge < -0.3 is 35.9 Å². The molecule has 4 aromatic carbocycles. The van der Waals surface area contributed by atoms with Crippen LogP contribution < -0.4 is 40.5 Å². The van der Waals surface area contributed by atoms with Crippen molar-refractivity contribution in [2.75, 3.05) is 28.4 Å². The van der Waals surface area contributed by atoms with Crippen LogP contribution in [-0.2, 0) is 13.0 Å². The highest BCUT2D eigenvalue weighted by atomic mass is 79.9. The maximum Gasteiger partial charge on any atom is 0.224 e. The van der Waals surface area contributed by atoms with E-state index < -0.39 is 0 Å². The molecule has 0 saturated carbocycles. The summed E-state index contributed by atoms with van der Waals surface area (Å²) >= 11 is 6.26. The van der Waals surface area contributed by atoms with Gasteiger partial charge in [-0.2, -0.15) is 4.57 Å². The monoisotopic (exact) mass is 565 g/mol. The predicted molar refractivity (Wildman–Crippen MR) is 140 cm³/mol. The molecule has 0 aliphatic carbocycles. The molecule has 0 fully saturated rings. The van der Waals surface area contributed by atoms with Crippen LogP contribution in [0.4, 0.5) is 0 Å². The molecular weight excluding hydrogens is 542 g/mol. The van der Waals surface area contributed by atoms with Gasteiger partial charge in [0.25, 0.3) is 0 Å². The van der Waals surface area contributed by atoms with Crippen LogP contribution >= 0.6 is 11.6 Å². The average Bonchev–Trinajstić information content (AvgIpc) is 2.90. The Morgan fingerprint density at radius 2 is 1.36 bits per heavy atom. The first-order valence-electron chi connectivity index (χ1n) is 11.5. The summed E-state index contributed by atoms with van der Waals surface area (Å²) < 4.78 is 25.5. The number of ether oxygens (including phenoxy) is 4. The van der Waals surface area contributed by atoms with E-state index in [-0.39, 0.29) is 17.0 Å². The molecule has 36 heavy (non-hydrogen) atoms. The van der Waals surface area contributed by atoms with Crippen LogP contribution in [0.2, 0.25) is 5.02 Å². The summed E-state index contributed by atoms with van der Waals surface area (Å²) in [6, 6.07) is 18.5. The van der Waals surface area contributed by atoms with Gasteiger partial charge in [0.05, 0.1) is 39.2 Å². The minimum absolute atomic E-state index is 0. The fourth-order valence-corrected chi connectivity index (χ4v) is 5.71. The number of pyridine rings is 1. The van der Waals surface area contributed by atoms with Gasteiger partial charge in [-0.25, -0.2) is 0 Å². The number of nitrogens with zero attached hydrogens (tertiary/aromatic N) is 1. The van der Waals surface area contributed by atoms with Crippen LogP contribution in [-0.4, -0.2) is 28.4 Å². The van der Waals surface area contributed by atoms with Crippen LogP contribution in [0.1, 0.15) is 5.56 Å². The van der Waals surface area contributed by atoms with Gasteiger partial charge in [0, 0.05) is 27.8 Å². The van der Waals surface area contributed by atoms with Gasteiger partial charge in [-0.15, -0.1) is 0 Å². The Labute approximate surface area is 224 Å². The fourth-order valence-electron chi connectivity index (χ4n) is 5.59. The molecule has 6 rings (SSSR count). The van der Waals surface area contributed by atoms with Crippen molar-refractivity contribution in [1.29, 1.82) is 0 Å². The Bertz CT molecular complexity index is 1650. The standard InChI is InChI=1S/C29H25ClNO4.BrH/c1-32-22-12-11-19-20-9-10-21-24-17(15-23(33-2)28(21)34-3)13-14-31(27(20)24)26(25(19)29(22)35-4)16-5-7-18(30)8-6-16;/h5-12,15H,13-14H2,1-4H3;1H/q+1;/p-1. The molecule has 1 aliphatic rings. The summed E-state index contributed by atoms with van der Waals surface area (Å²) in [5.41, 5.74) is 4.57. The maximum absolute atomic E-state index is 6.26. The van der Waals surface area contributed by atoms with Crippen molar-refractivity contribution in [2.24, 2.45) is 0 Å². The third kappa shape index (κ3) is 3.39. The Kier molecular flexibility index (Phi) is 6.35. The van der Waals surface area contributed by atoms with Crippen molar-refractivity contribution in [2.45, 2.75) is 13.0 Å². The highest BCUT2D eigenvalue weighted by Crippen LogP contribution is 2.47. The first-order chi connectivity index (χ1) is 17.1. The number of methoxy groups -OCH3 is 4. The molecule has 0 unspecified atom stereocenters. The van der Waals surface area contributed by atoms with E-state index >= 15 is 0 Å². The Hall–Kier alpha value is -3.22. The molecule has 0 radical (unpaired) electrons. The van der Waals surface area contributed by atoms with Gasteiger partial charge >= 0.3 is 0 Å². The lowest BCUT2D eigenvalue weighted by molar-refractivity contribution is -0.659. The molecule has 7 heteroatoms. The van der Waals surface area contributed by atoms with Crippen molar-refractivity contribution in [1.82, 2.24) is 0 Å². The van der Waals surface area contributed by atoms with Gasteiger partial charge in [0.1, 0.15) is 5.39 Å². The van der Waals surface area contributed by atoms with E-state index in [1.54, 1.807) is 28.4 Å². The molecular formula is C29H25BrClNO4. The van der Waals surface area contributed by atoms with Crippen molar-refractivity contribution < 1.29 is 40.5 Å². The van der Waals surface area contributed by atoms with Crippen LogP contribution in [0.3, 0.4) is 0 Å². The second-order valence-corrected chi connectivity index (χ2v) is 9.07. The summed E-state index contributed by atoms with van der Waals surface area (Å²) in [5.74, 6) is 2.93. The first-order valence-corrected chi connectivity index (χ1v) is 11.9. The van der Waals surface area contributed by atoms with Crippen molar-refractivity contribution >= 4 is 44.0 Å². The fraction of sp³-hybridized carbons (Fsp3) is 0.207. The van der Waals surface area contributed by atoms with Gasteiger partial charge in [0.2, 0.25) is 11.2 Å². The lowest BCUT2D eigenvalue weighted by atomic mass is 9.90. The highest BCUT2D eigenvalue weighted by Gasteiger charge is 2.33. The largest absolute Gasteiger partial charge is 1.00 e. The van der Waals surface area contributed by atoms with E-state index in [4.69, 9.17) is 30.5 Å². The summed E-state index contributed by atoms with van der Waals surface area (Å²) in [6.45, 7) is 0.812. The SMILES string of the molecule is COc1cc2c3c(ccc4c5ccc(OC)c(OC)c5c(-c5ccc(Cl)cc5)[n+](c43)CC2)c1OC.[Br-]. The van der Waals surface area contributed by atoms with Crippen molar-refractivity contribution in [3.05, 3.63) is 65.2 Å². The van der Waals surface area contributed by atoms with E-state index in [9.17, 15) is 0 Å². The molecule has 0 saturated heterocycles. The van der Waals surface area contributed by atoms with Crippen molar-refractivity contribution in [3.63, 3.8) is 0 Å². The summed E-state index contributed by atoms with van der Waals surface area (Å²) in [7, 11) is 6.74. The highest BCUT2D eigenvalue weighted by molar-refractivity contribution is 6.30. The van der Waals surface area contributed by atoms with Gasteiger partial charge in [0.15, 0.2) is 29.5 Å². The molecule has 0 spiro atoms. The Morgan fingerprint density at radius 3 is 2.03 bits per heavy atom. The minimum atomic E-state index is 0. The third-order valence-electron chi connectivity index (χ3n) is 7.03. The lowest BCUT2D eigenvalue weighted by Gasteiger charge is -2.22. The minimum Gasteiger partial charge on any atom is -1.00 e. The number of rotatable bonds is 5. The van der Waals surface area contributed by atoms with E-state index in [0.29, 0.717) is 10.8 Å². The van der Waals surface area contributed by atoms with E-state index in [2.05, 4.69) is 41.0 Å². The summed E-state index contributed by atoms with van der Waals surface area (Å²) in [6.07, 6.45) is 0.867. The van der Waals surface area contributed by atoms with Crippen molar-refractivity contribution in [3.8, 4) is 34.3 Å². The number of aromatic nitrogens is 1. The average molecular weight is 567 g/mol. The number of hydrogen-bond acceptors (Lipinski definition) is 4. The molecule has 5 aromatic rings. The van der Waals surface area contributed by atoms with Crippen LogP contribution in [0, 0.1) is 0 Å². The van der Waals surface area contributed by atoms with E-state index in [1.807, 2.05) is 18.2 Å².